The van der Waals surface area contributed by atoms with Gasteiger partial charge in [-0.25, -0.2) is 14.0 Å². The molecular formula is C37H47FN4O7. The number of carbonyl (C=O) groups excluding carboxylic acids is 4. The third kappa shape index (κ3) is 8.52. The van der Waals surface area contributed by atoms with Crippen LogP contribution in [0.2, 0.25) is 0 Å². The summed E-state index contributed by atoms with van der Waals surface area (Å²) in [5.74, 6) is -0.847. The number of nitrogens with one attached hydrogen (secondary N) is 3. The Kier molecular flexibility index (Phi) is 11.1. The number of halogens is 1. The van der Waals surface area contributed by atoms with Crippen molar-refractivity contribution in [2.24, 2.45) is 11.8 Å². The highest BCUT2D eigenvalue weighted by atomic mass is 19.1. The summed E-state index contributed by atoms with van der Waals surface area (Å²) in [7, 11) is 1.59. The zero-order valence-corrected chi connectivity index (χ0v) is 28.8. The zero-order chi connectivity index (χ0) is 35.3. The molecule has 2 heterocycles. The number of aromatic amines is 1. The molecule has 2 fully saturated rings. The average molecular weight is 679 g/mol. The smallest absolute Gasteiger partial charge is 0.407 e. The van der Waals surface area contributed by atoms with Crippen molar-refractivity contribution in [1.82, 2.24) is 15.2 Å². The number of benzene rings is 2. The second-order valence-electron chi connectivity index (χ2n) is 13.9. The SMILES string of the molecule is CCOC(=O)c1cc2cc(NC(=O)[C@@H]3[C@@H](c4ccc(OC)cc4)CCN3C(=O)C3CCC([C@@H](CF)NC(=O)OC(C)(C)C)CC3)ccc2[nH]1. The predicted octanol–water partition coefficient (Wildman–Crippen LogP) is 6.35. The molecule has 0 bridgehead atoms. The number of rotatable bonds is 10. The lowest BCUT2D eigenvalue weighted by Gasteiger charge is -2.36. The molecular weight excluding hydrogens is 631 g/mol. The molecule has 3 N–H and O–H groups in total. The van der Waals surface area contributed by atoms with Crippen molar-refractivity contribution in [2.45, 2.75) is 83.4 Å². The molecule has 0 unspecified atom stereocenters. The number of hydrogen-bond acceptors (Lipinski definition) is 7. The maximum absolute atomic E-state index is 14.1. The molecule has 1 saturated heterocycles. The maximum atomic E-state index is 14.1. The number of amides is 3. The van der Waals surface area contributed by atoms with Crippen LogP contribution >= 0.6 is 0 Å². The number of hydrogen-bond donors (Lipinski definition) is 3. The molecule has 2 aromatic carbocycles. The van der Waals surface area contributed by atoms with Crippen molar-refractivity contribution in [1.29, 1.82) is 0 Å². The number of aromatic nitrogens is 1. The maximum Gasteiger partial charge on any atom is 0.407 e. The van der Waals surface area contributed by atoms with Gasteiger partial charge in [0.05, 0.1) is 19.8 Å². The van der Waals surface area contributed by atoms with Gasteiger partial charge < -0.3 is 34.7 Å². The van der Waals surface area contributed by atoms with Gasteiger partial charge in [-0.2, -0.15) is 0 Å². The minimum absolute atomic E-state index is 0.0910. The van der Waals surface area contributed by atoms with Gasteiger partial charge in [0, 0.05) is 35.0 Å². The first-order chi connectivity index (χ1) is 23.4. The van der Waals surface area contributed by atoms with Crippen molar-refractivity contribution in [3.8, 4) is 5.75 Å². The Morgan fingerprint density at radius 2 is 1.71 bits per heavy atom. The minimum atomic E-state index is -0.761. The summed E-state index contributed by atoms with van der Waals surface area (Å²) >= 11 is 0. The van der Waals surface area contributed by atoms with E-state index in [1.807, 2.05) is 24.3 Å². The quantitative estimate of drug-likeness (QED) is 0.213. The van der Waals surface area contributed by atoms with Crippen LogP contribution < -0.4 is 15.4 Å². The van der Waals surface area contributed by atoms with Gasteiger partial charge in [-0.05, 0) is 108 Å². The molecule has 1 aliphatic heterocycles. The lowest BCUT2D eigenvalue weighted by molar-refractivity contribution is -0.141. The van der Waals surface area contributed by atoms with Crippen LogP contribution in [0.1, 0.15) is 81.8 Å². The Bertz CT molecular complexity index is 1640. The van der Waals surface area contributed by atoms with Gasteiger partial charge in [0.15, 0.2) is 0 Å². The summed E-state index contributed by atoms with van der Waals surface area (Å²) in [5, 5.41) is 6.44. The second-order valence-corrected chi connectivity index (χ2v) is 13.9. The normalized spacial score (nSPS) is 21.6. The second kappa shape index (κ2) is 15.3. The fourth-order valence-electron chi connectivity index (χ4n) is 7.05. The lowest BCUT2D eigenvalue weighted by Crippen LogP contribution is -2.49. The van der Waals surface area contributed by atoms with E-state index in [9.17, 15) is 23.6 Å². The Morgan fingerprint density at radius 3 is 2.35 bits per heavy atom. The Hall–Kier alpha value is -4.61. The molecule has 12 heteroatoms. The molecule has 1 aliphatic carbocycles. The summed E-state index contributed by atoms with van der Waals surface area (Å²) in [5.41, 5.74) is 1.82. The largest absolute Gasteiger partial charge is 0.497 e. The number of anilines is 1. The van der Waals surface area contributed by atoms with Crippen LogP contribution in [0.25, 0.3) is 10.9 Å². The number of likely N-dealkylation sites (tertiary alicyclic amines) is 1. The highest BCUT2D eigenvalue weighted by Gasteiger charge is 2.45. The first-order valence-electron chi connectivity index (χ1n) is 17.0. The van der Waals surface area contributed by atoms with E-state index in [-0.39, 0.29) is 36.2 Å². The van der Waals surface area contributed by atoms with Crippen molar-refractivity contribution >= 4 is 40.5 Å². The number of alkyl halides is 1. The number of fused-ring (bicyclic) bond motifs is 1. The monoisotopic (exact) mass is 678 g/mol. The molecule has 3 atom stereocenters. The predicted molar refractivity (Wildman–Crippen MR) is 183 cm³/mol. The van der Waals surface area contributed by atoms with Crippen molar-refractivity contribution in [3.05, 3.63) is 59.8 Å². The van der Waals surface area contributed by atoms with Gasteiger partial charge in [0.25, 0.3) is 0 Å². The Balaban J connectivity index is 1.31. The van der Waals surface area contributed by atoms with E-state index in [1.165, 1.54) is 0 Å². The van der Waals surface area contributed by atoms with Crippen molar-refractivity contribution in [2.75, 3.05) is 32.3 Å². The number of H-pyrrole nitrogens is 1. The molecule has 1 aromatic heterocycles. The Labute approximate surface area is 286 Å². The number of nitrogens with zero attached hydrogens (tertiary/aromatic N) is 1. The van der Waals surface area contributed by atoms with Crippen LogP contribution in [-0.4, -0.2) is 78.4 Å². The topological polar surface area (TPSA) is 139 Å². The van der Waals surface area contributed by atoms with Gasteiger partial charge >= 0.3 is 12.1 Å². The molecule has 11 nitrogen and oxygen atoms in total. The lowest BCUT2D eigenvalue weighted by atomic mass is 9.78. The van der Waals surface area contributed by atoms with E-state index < -0.39 is 36.4 Å². The standard InChI is InChI=1S/C37H47FN4O7/c1-6-48-35(45)30-20-25-19-26(13-16-29(25)40-30)39-33(43)32-28(22-11-14-27(47-5)15-12-22)17-18-42(32)34(44)24-9-7-23(8-10-24)31(21-38)41-36(46)49-37(2,3)4/h11-16,19-20,23-24,28,31-32,40H,6-10,17-18,21H2,1-5H3,(H,39,43)(H,41,46)/t23?,24?,28-,31-,32+/m1/s1. The number of carbonyl (C=O) groups is 4. The van der Waals surface area contributed by atoms with Crippen LogP contribution in [0.15, 0.2) is 48.5 Å². The molecule has 1 saturated carbocycles. The van der Waals surface area contributed by atoms with Crippen LogP contribution in [0, 0.1) is 11.8 Å². The van der Waals surface area contributed by atoms with Gasteiger partial charge in [-0.1, -0.05) is 12.1 Å². The summed E-state index contributed by atoms with van der Waals surface area (Å²) < 4.78 is 29.8. The van der Waals surface area contributed by atoms with E-state index in [1.54, 1.807) is 64.0 Å². The third-order valence-electron chi connectivity index (χ3n) is 9.44. The number of methoxy groups -OCH3 is 1. The highest BCUT2D eigenvalue weighted by Crippen LogP contribution is 2.39. The average Bonchev–Trinajstić information content (AvgIpc) is 3.71. The van der Waals surface area contributed by atoms with Crippen molar-refractivity contribution in [3.63, 3.8) is 0 Å². The minimum Gasteiger partial charge on any atom is -0.497 e. The van der Waals surface area contributed by atoms with Gasteiger partial charge in [-0.3, -0.25) is 9.59 Å². The summed E-state index contributed by atoms with van der Waals surface area (Å²) in [6.45, 7) is 6.95. The molecule has 49 heavy (non-hydrogen) atoms. The van der Waals surface area contributed by atoms with Crippen LogP contribution in [-0.2, 0) is 19.1 Å². The summed E-state index contributed by atoms with van der Waals surface area (Å²) in [4.78, 5) is 57.6. The number of ether oxygens (including phenoxy) is 3. The molecule has 2 aliphatic rings. The van der Waals surface area contributed by atoms with Crippen molar-refractivity contribution < 1.29 is 37.8 Å². The van der Waals surface area contributed by atoms with E-state index in [2.05, 4.69) is 15.6 Å². The highest BCUT2D eigenvalue weighted by molar-refractivity contribution is 6.01. The number of esters is 1. The first kappa shape index (κ1) is 35.7. The zero-order valence-electron chi connectivity index (χ0n) is 28.8. The first-order valence-corrected chi connectivity index (χ1v) is 17.0. The molecule has 3 aromatic rings. The summed E-state index contributed by atoms with van der Waals surface area (Å²) in [6, 6.07) is 13.1. The van der Waals surface area contributed by atoms with E-state index in [0.29, 0.717) is 55.8 Å². The van der Waals surface area contributed by atoms with E-state index >= 15 is 0 Å². The van der Waals surface area contributed by atoms with E-state index in [4.69, 9.17) is 14.2 Å². The fourth-order valence-corrected chi connectivity index (χ4v) is 7.05. The fraction of sp³-hybridized carbons (Fsp3) is 0.514. The summed E-state index contributed by atoms with van der Waals surface area (Å²) in [6.07, 6.45) is 2.14. The molecule has 5 rings (SSSR count). The molecule has 264 valence electrons. The molecule has 0 radical (unpaired) electrons. The van der Waals surface area contributed by atoms with Gasteiger partial charge in [0.2, 0.25) is 11.8 Å². The van der Waals surface area contributed by atoms with Crippen LogP contribution in [0.5, 0.6) is 5.75 Å². The van der Waals surface area contributed by atoms with E-state index in [0.717, 1.165) is 16.5 Å². The molecule has 3 amide bonds. The third-order valence-corrected chi connectivity index (χ3v) is 9.44. The number of alkyl carbamates (subject to hydrolysis) is 1. The van der Waals surface area contributed by atoms with Gasteiger partial charge in [-0.15, -0.1) is 0 Å². The van der Waals surface area contributed by atoms with Crippen LogP contribution in [0.4, 0.5) is 14.9 Å². The Morgan fingerprint density at radius 1 is 1.00 bits per heavy atom. The molecule has 0 spiro atoms. The van der Waals surface area contributed by atoms with Gasteiger partial charge in [0.1, 0.15) is 29.8 Å². The van der Waals surface area contributed by atoms with Crippen LogP contribution in [0.3, 0.4) is 0 Å².